The van der Waals surface area contributed by atoms with Crippen LogP contribution in [0.2, 0.25) is 0 Å². The maximum Gasteiger partial charge on any atom is 0.286 e. The van der Waals surface area contributed by atoms with Crippen molar-refractivity contribution in [2.45, 2.75) is 18.3 Å². The summed E-state index contributed by atoms with van der Waals surface area (Å²) in [6.45, 7) is 0.158. The molecule has 1 aliphatic rings. The van der Waals surface area contributed by atoms with Crippen LogP contribution in [0.1, 0.15) is 11.4 Å². The van der Waals surface area contributed by atoms with Crippen molar-refractivity contribution < 1.29 is 14.3 Å². The minimum Gasteiger partial charge on any atom is -0.486 e. The zero-order valence-corrected chi connectivity index (χ0v) is 20.0. The molecule has 9 heteroatoms. The molecule has 0 spiro atoms. The SMILES string of the molecule is Cn1c(COc2ccc(CC3SC(=O)NC3=O)cc2)nc2ccccc2c1=O.[K]. The molecule has 1 aliphatic heterocycles. The Balaban J connectivity index is 0.00000240. The second-order valence-electron chi connectivity index (χ2n) is 6.43. The Bertz CT molecular complexity index is 1130. The average Bonchev–Trinajstić information content (AvgIpc) is 3.01. The van der Waals surface area contributed by atoms with Gasteiger partial charge in [-0.05, 0) is 36.2 Å². The summed E-state index contributed by atoms with van der Waals surface area (Å²) in [7, 11) is 1.68. The van der Waals surface area contributed by atoms with Crippen molar-refractivity contribution in [2.75, 3.05) is 0 Å². The maximum atomic E-state index is 12.4. The molecule has 2 heterocycles. The number of amides is 2. The van der Waals surface area contributed by atoms with Crippen LogP contribution in [0, 0.1) is 0 Å². The molecule has 29 heavy (non-hydrogen) atoms. The molecule has 0 saturated carbocycles. The number of imide groups is 1. The molecule has 1 radical (unpaired) electrons. The van der Waals surface area contributed by atoms with Gasteiger partial charge in [-0.25, -0.2) is 4.98 Å². The van der Waals surface area contributed by atoms with E-state index in [1.165, 1.54) is 4.57 Å². The number of thioether (sulfide) groups is 1. The summed E-state index contributed by atoms with van der Waals surface area (Å²) in [4.78, 5) is 39.8. The van der Waals surface area contributed by atoms with Crippen LogP contribution < -0.4 is 15.6 Å². The molecular formula is C20H17KN3O4S. The molecule has 7 nitrogen and oxygen atoms in total. The molecule has 1 unspecified atom stereocenters. The van der Waals surface area contributed by atoms with E-state index in [-0.39, 0.29) is 74.7 Å². The maximum absolute atomic E-state index is 12.4. The van der Waals surface area contributed by atoms with Gasteiger partial charge < -0.3 is 4.74 Å². The van der Waals surface area contributed by atoms with E-state index in [2.05, 4.69) is 10.3 Å². The van der Waals surface area contributed by atoms with E-state index in [1.807, 2.05) is 24.3 Å². The third kappa shape index (κ3) is 4.99. The van der Waals surface area contributed by atoms with Gasteiger partial charge in [0, 0.05) is 58.4 Å². The standard InChI is InChI=1S/C20H17N3O4S.K/c1-23-17(21-15-5-3-2-4-14(15)19(23)25)11-27-13-8-6-12(7-9-13)10-16-18(24)22-20(26)28-16;/h2-9,16H,10-11H2,1H3,(H,22,24,26);. The van der Waals surface area contributed by atoms with Crippen LogP contribution in [0.4, 0.5) is 4.79 Å². The molecule has 2 amide bonds. The number of benzene rings is 2. The Kier molecular flexibility index (Phi) is 7.31. The molecule has 1 N–H and O–H groups in total. The van der Waals surface area contributed by atoms with E-state index >= 15 is 0 Å². The van der Waals surface area contributed by atoms with Crippen molar-refractivity contribution in [3.05, 3.63) is 70.3 Å². The van der Waals surface area contributed by atoms with E-state index in [1.54, 1.807) is 31.3 Å². The van der Waals surface area contributed by atoms with Crippen molar-refractivity contribution in [1.82, 2.24) is 14.9 Å². The van der Waals surface area contributed by atoms with Gasteiger partial charge >= 0.3 is 0 Å². The van der Waals surface area contributed by atoms with Crippen molar-refractivity contribution >= 4 is 85.2 Å². The first-order valence-corrected chi connectivity index (χ1v) is 9.57. The summed E-state index contributed by atoms with van der Waals surface area (Å²) in [6, 6.07) is 14.5. The zero-order chi connectivity index (χ0) is 19.7. The Morgan fingerprint density at radius 3 is 2.52 bits per heavy atom. The predicted octanol–water partition coefficient (Wildman–Crippen LogP) is 2.03. The van der Waals surface area contributed by atoms with Gasteiger partial charge in [-0.3, -0.25) is 24.3 Å². The fourth-order valence-electron chi connectivity index (χ4n) is 3.00. The van der Waals surface area contributed by atoms with Crippen LogP contribution in [0.25, 0.3) is 10.9 Å². The second-order valence-corrected chi connectivity index (χ2v) is 7.60. The van der Waals surface area contributed by atoms with Gasteiger partial charge in [0.25, 0.3) is 10.8 Å². The third-order valence-electron chi connectivity index (χ3n) is 4.56. The Morgan fingerprint density at radius 1 is 1.10 bits per heavy atom. The summed E-state index contributed by atoms with van der Waals surface area (Å²) in [5, 5.41) is 2.16. The first-order valence-electron chi connectivity index (χ1n) is 8.69. The van der Waals surface area contributed by atoms with Crippen LogP contribution >= 0.6 is 11.8 Å². The molecule has 2 aromatic carbocycles. The van der Waals surface area contributed by atoms with E-state index in [0.717, 1.165) is 17.3 Å². The summed E-state index contributed by atoms with van der Waals surface area (Å²) in [5.74, 6) is 0.912. The first kappa shape index (κ1) is 22.2. The summed E-state index contributed by atoms with van der Waals surface area (Å²) in [6.07, 6.45) is 0.475. The molecule has 1 aromatic heterocycles. The zero-order valence-electron chi connectivity index (χ0n) is 16.0. The minimum atomic E-state index is -0.393. The summed E-state index contributed by atoms with van der Waals surface area (Å²) >= 11 is 1.01. The Labute approximate surface area is 213 Å². The molecule has 1 fully saturated rings. The number of hydrogen-bond donors (Lipinski definition) is 1. The number of para-hydroxylation sites is 1. The molecule has 1 saturated heterocycles. The topological polar surface area (TPSA) is 90.3 Å². The van der Waals surface area contributed by atoms with Crippen LogP contribution in [0.5, 0.6) is 5.75 Å². The molecule has 1 atom stereocenters. The number of carbonyl (C=O) groups is 2. The van der Waals surface area contributed by atoms with Crippen molar-refractivity contribution in [3.8, 4) is 5.75 Å². The Hall–Kier alpha value is -1.49. The molecule has 3 aromatic rings. The number of carbonyl (C=O) groups excluding carboxylic acids is 2. The van der Waals surface area contributed by atoms with Crippen molar-refractivity contribution in [3.63, 3.8) is 0 Å². The number of ether oxygens (including phenoxy) is 1. The Morgan fingerprint density at radius 2 is 1.83 bits per heavy atom. The molecule has 0 aliphatic carbocycles. The van der Waals surface area contributed by atoms with Gasteiger partial charge in [0.15, 0.2) is 0 Å². The van der Waals surface area contributed by atoms with Gasteiger partial charge in [0.05, 0.1) is 16.2 Å². The first-order chi connectivity index (χ1) is 13.5. The number of fused-ring (bicyclic) bond motifs is 1. The molecular weight excluding hydrogens is 417 g/mol. The second kappa shape index (κ2) is 9.54. The van der Waals surface area contributed by atoms with Gasteiger partial charge in [-0.2, -0.15) is 0 Å². The summed E-state index contributed by atoms with van der Waals surface area (Å²) in [5.41, 5.74) is 1.47. The number of nitrogens with zero attached hydrogens (tertiary/aromatic N) is 2. The summed E-state index contributed by atoms with van der Waals surface area (Å²) < 4.78 is 7.27. The largest absolute Gasteiger partial charge is 0.486 e. The van der Waals surface area contributed by atoms with Crippen molar-refractivity contribution in [1.29, 1.82) is 0 Å². The molecule has 0 bridgehead atoms. The van der Waals surface area contributed by atoms with Gasteiger partial charge in [0.1, 0.15) is 18.2 Å². The van der Waals surface area contributed by atoms with Crippen LogP contribution in [0.15, 0.2) is 53.3 Å². The number of hydrogen-bond acceptors (Lipinski definition) is 6. The number of rotatable bonds is 5. The fourth-order valence-corrected chi connectivity index (χ4v) is 3.86. The van der Waals surface area contributed by atoms with E-state index in [4.69, 9.17) is 4.74 Å². The number of aromatic nitrogens is 2. The van der Waals surface area contributed by atoms with Crippen LogP contribution in [0.3, 0.4) is 0 Å². The minimum absolute atomic E-state index is 0. The van der Waals surface area contributed by atoms with E-state index in [9.17, 15) is 14.4 Å². The third-order valence-corrected chi connectivity index (χ3v) is 5.54. The van der Waals surface area contributed by atoms with Gasteiger partial charge in [-0.1, -0.05) is 36.0 Å². The smallest absolute Gasteiger partial charge is 0.286 e. The van der Waals surface area contributed by atoms with Crippen LogP contribution in [-0.4, -0.2) is 77.3 Å². The van der Waals surface area contributed by atoms with Crippen LogP contribution in [-0.2, 0) is 24.9 Å². The fraction of sp³-hybridized carbons (Fsp3) is 0.200. The number of nitrogens with one attached hydrogen (secondary N) is 1. The average molecular weight is 435 g/mol. The van der Waals surface area contributed by atoms with Gasteiger partial charge in [-0.15, -0.1) is 0 Å². The van der Waals surface area contributed by atoms with E-state index in [0.29, 0.717) is 28.9 Å². The normalized spacial score (nSPS) is 15.8. The van der Waals surface area contributed by atoms with E-state index < -0.39 is 5.25 Å². The monoisotopic (exact) mass is 434 g/mol. The van der Waals surface area contributed by atoms with Crippen molar-refractivity contribution in [2.24, 2.45) is 7.05 Å². The molecule has 4 rings (SSSR count). The predicted molar refractivity (Wildman–Crippen MR) is 112 cm³/mol. The molecule has 143 valence electrons. The quantitative estimate of drug-likeness (QED) is 0.618. The van der Waals surface area contributed by atoms with Gasteiger partial charge in [0.2, 0.25) is 5.91 Å².